The normalized spacial score (nSPS) is 26.3. The molecule has 0 spiro atoms. The van der Waals surface area contributed by atoms with Crippen LogP contribution in [-0.2, 0) is 4.79 Å². The number of nitrogens with one attached hydrogen (secondary N) is 1. The lowest BCUT2D eigenvalue weighted by molar-refractivity contribution is -0.145. The second-order valence-corrected chi connectivity index (χ2v) is 5.76. The first-order valence-corrected chi connectivity index (χ1v) is 6.61. The third kappa shape index (κ3) is 2.57. The monoisotopic (exact) mass is 225 g/mol. The molecule has 0 aliphatic heterocycles. The van der Waals surface area contributed by atoms with E-state index in [9.17, 15) is 9.90 Å². The molecule has 0 bridgehead atoms. The summed E-state index contributed by atoms with van der Waals surface area (Å²) in [6.07, 6.45) is 9.31. The highest BCUT2D eigenvalue weighted by Gasteiger charge is 2.39. The summed E-state index contributed by atoms with van der Waals surface area (Å²) in [5.74, 6) is -0.0405. The van der Waals surface area contributed by atoms with Gasteiger partial charge in [-0.25, -0.2) is 0 Å². The summed E-state index contributed by atoms with van der Waals surface area (Å²) < 4.78 is 0. The Bertz CT molecular complexity index is 257. The minimum atomic E-state index is -0.694. The Hall–Kier alpha value is -0.570. The van der Waals surface area contributed by atoms with Gasteiger partial charge in [-0.05, 0) is 32.1 Å². The molecule has 0 aromatic heterocycles. The van der Waals surface area contributed by atoms with Crippen LogP contribution in [0.2, 0.25) is 0 Å². The molecule has 2 aliphatic rings. The van der Waals surface area contributed by atoms with Crippen molar-refractivity contribution in [3.8, 4) is 0 Å². The van der Waals surface area contributed by atoms with Crippen LogP contribution in [-0.4, -0.2) is 22.7 Å². The highest BCUT2D eigenvalue weighted by Crippen LogP contribution is 2.34. The number of hydrogen-bond donors (Lipinski definition) is 2. The Morgan fingerprint density at radius 1 is 1.25 bits per heavy atom. The first-order valence-electron chi connectivity index (χ1n) is 6.61. The van der Waals surface area contributed by atoms with E-state index in [4.69, 9.17) is 0 Å². The zero-order valence-corrected chi connectivity index (χ0v) is 10.2. The van der Waals surface area contributed by atoms with Crippen LogP contribution in [0.4, 0.5) is 0 Å². The molecule has 0 heterocycles. The molecular weight excluding hydrogens is 202 g/mol. The van der Waals surface area contributed by atoms with Gasteiger partial charge in [-0.1, -0.05) is 32.1 Å². The van der Waals surface area contributed by atoms with Gasteiger partial charge in [0.15, 0.2) is 0 Å². The summed E-state index contributed by atoms with van der Waals surface area (Å²) in [6.45, 7) is 1.87. The average Bonchev–Trinajstić information content (AvgIpc) is 2.64. The zero-order chi connectivity index (χ0) is 11.6. The molecule has 0 radical (unpaired) electrons. The van der Waals surface area contributed by atoms with E-state index < -0.39 is 11.5 Å². The van der Waals surface area contributed by atoms with Crippen molar-refractivity contribution in [1.82, 2.24) is 5.32 Å². The fourth-order valence-electron chi connectivity index (χ4n) is 3.00. The number of rotatable bonds is 5. The fraction of sp³-hybridized carbons (Fsp3) is 0.923. The Morgan fingerprint density at radius 2 is 1.88 bits per heavy atom. The van der Waals surface area contributed by atoms with Crippen LogP contribution in [0.25, 0.3) is 0 Å². The van der Waals surface area contributed by atoms with Gasteiger partial charge in [0.05, 0.1) is 0 Å². The molecule has 2 aliphatic carbocycles. The molecule has 2 saturated carbocycles. The number of carboxylic acids is 1. The molecule has 16 heavy (non-hydrogen) atoms. The lowest BCUT2D eigenvalue weighted by atomic mass is 9.76. The maximum absolute atomic E-state index is 11.4. The van der Waals surface area contributed by atoms with Crippen LogP contribution in [0, 0.1) is 5.92 Å². The third-order valence-electron chi connectivity index (χ3n) is 4.27. The van der Waals surface area contributed by atoms with Gasteiger partial charge < -0.3 is 5.11 Å². The molecule has 92 valence electrons. The average molecular weight is 225 g/mol. The minimum Gasteiger partial charge on any atom is -0.480 e. The number of hydrogen-bond acceptors (Lipinski definition) is 2. The highest BCUT2D eigenvalue weighted by atomic mass is 16.4. The topological polar surface area (TPSA) is 49.3 Å². The van der Waals surface area contributed by atoms with Gasteiger partial charge in [0.2, 0.25) is 0 Å². The predicted octanol–water partition coefficient (Wildman–Crippen LogP) is 2.55. The number of aliphatic carboxylic acids is 1. The summed E-state index contributed by atoms with van der Waals surface area (Å²) in [4.78, 5) is 11.4. The molecule has 0 amide bonds. The van der Waals surface area contributed by atoms with E-state index in [1.165, 1.54) is 32.1 Å². The van der Waals surface area contributed by atoms with Gasteiger partial charge in [0.1, 0.15) is 5.54 Å². The van der Waals surface area contributed by atoms with Gasteiger partial charge in [0, 0.05) is 6.04 Å². The Balaban J connectivity index is 1.92. The van der Waals surface area contributed by atoms with Crippen LogP contribution in [0.3, 0.4) is 0 Å². The van der Waals surface area contributed by atoms with E-state index >= 15 is 0 Å². The van der Waals surface area contributed by atoms with Gasteiger partial charge in [-0.3, -0.25) is 10.1 Å². The molecule has 0 saturated heterocycles. The Kier molecular flexibility index (Phi) is 3.53. The predicted molar refractivity (Wildman–Crippen MR) is 63.4 cm³/mol. The van der Waals surface area contributed by atoms with Crippen LogP contribution >= 0.6 is 0 Å². The molecular formula is C13H23NO2. The smallest absolute Gasteiger partial charge is 0.323 e. The van der Waals surface area contributed by atoms with Gasteiger partial charge >= 0.3 is 5.97 Å². The van der Waals surface area contributed by atoms with E-state index in [1.807, 2.05) is 6.92 Å². The first-order chi connectivity index (χ1) is 7.60. The van der Waals surface area contributed by atoms with Gasteiger partial charge in [0.25, 0.3) is 0 Å². The molecule has 2 fully saturated rings. The minimum absolute atomic E-state index is 0.432. The summed E-state index contributed by atoms with van der Waals surface area (Å²) in [6, 6.07) is 0.432. The highest BCUT2D eigenvalue weighted by molar-refractivity contribution is 5.78. The second kappa shape index (κ2) is 4.74. The van der Waals surface area contributed by atoms with Gasteiger partial charge in [-0.2, -0.15) is 0 Å². The largest absolute Gasteiger partial charge is 0.480 e. The van der Waals surface area contributed by atoms with Crippen LogP contribution < -0.4 is 5.32 Å². The summed E-state index contributed by atoms with van der Waals surface area (Å²) >= 11 is 0. The quantitative estimate of drug-likeness (QED) is 0.756. The molecule has 3 heteroatoms. The molecule has 3 nitrogen and oxygen atoms in total. The maximum Gasteiger partial charge on any atom is 0.323 e. The second-order valence-electron chi connectivity index (χ2n) is 5.76. The molecule has 1 atom stereocenters. The van der Waals surface area contributed by atoms with E-state index in [1.54, 1.807) is 0 Å². The van der Waals surface area contributed by atoms with Crippen molar-refractivity contribution in [2.75, 3.05) is 0 Å². The summed E-state index contributed by atoms with van der Waals surface area (Å²) in [5, 5.41) is 12.8. The molecule has 2 rings (SSSR count). The van der Waals surface area contributed by atoms with Crippen molar-refractivity contribution < 1.29 is 9.90 Å². The Morgan fingerprint density at radius 3 is 2.31 bits per heavy atom. The standard InChI is InChI=1S/C13H23NO2/c1-13(12(15)16,9-10-5-4-6-10)14-11-7-2-3-8-11/h10-11,14H,2-9H2,1H3,(H,15,16). The third-order valence-corrected chi connectivity index (χ3v) is 4.27. The molecule has 0 aromatic carbocycles. The van der Waals surface area contributed by atoms with Gasteiger partial charge in [-0.15, -0.1) is 0 Å². The maximum atomic E-state index is 11.4. The van der Waals surface area contributed by atoms with E-state index in [2.05, 4.69) is 5.32 Å². The molecule has 1 unspecified atom stereocenters. The van der Waals surface area contributed by atoms with Crippen molar-refractivity contribution in [1.29, 1.82) is 0 Å². The zero-order valence-electron chi connectivity index (χ0n) is 10.2. The van der Waals surface area contributed by atoms with Crippen molar-refractivity contribution in [2.24, 2.45) is 5.92 Å². The first kappa shape index (κ1) is 11.9. The Labute approximate surface area is 97.6 Å². The van der Waals surface area contributed by atoms with Crippen molar-refractivity contribution in [2.45, 2.75) is 69.9 Å². The summed E-state index contributed by atoms with van der Waals surface area (Å²) in [7, 11) is 0. The fourth-order valence-corrected chi connectivity index (χ4v) is 3.00. The lowest BCUT2D eigenvalue weighted by Crippen LogP contribution is -2.54. The van der Waals surface area contributed by atoms with E-state index in [0.717, 1.165) is 19.3 Å². The molecule has 2 N–H and O–H groups in total. The SMILES string of the molecule is CC(CC1CCC1)(NC1CCCC1)C(=O)O. The van der Waals surface area contributed by atoms with Crippen molar-refractivity contribution >= 4 is 5.97 Å². The van der Waals surface area contributed by atoms with E-state index in [0.29, 0.717) is 12.0 Å². The summed E-state index contributed by atoms with van der Waals surface area (Å²) in [5.41, 5.74) is -0.694. The van der Waals surface area contributed by atoms with E-state index in [-0.39, 0.29) is 0 Å². The van der Waals surface area contributed by atoms with Crippen LogP contribution in [0.15, 0.2) is 0 Å². The lowest BCUT2D eigenvalue weighted by Gasteiger charge is -2.36. The van der Waals surface area contributed by atoms with Crippen molar-refractivity contribution in [3.63, 3.8) is 0 Å². The molecule has 0 aromatic rings. The van der Waals surface area contributed by atoms with Crippen LogP contribution in [0.5, 0.6) is 0 Å². The number of carboxylic acid groups (broad SMARTS) is 1. The number of carbonyl (C=O) groups is 1. The van der Waals surface area contributed by atoms with Crippen LogP contribution in [0.1, 0.15) is 58.3 Å². The van der Waals surface area contributed by atoms with Crippen molar-refractivity contribution in [3.05, 3.63) is 0 Å².